The van der Waals surface area contributed by atoms with Gasteiger partial charge in [-0.25, -0.2) is 9.78 Å². The van der Waals surface area contributed by atoms with Crippen LogP contribution in [-0.2, 0) is 0 Å². The number of aromatic nitrogens is 1. The van der Waals surface area contributed by atoms with Crippen molar-refractivity contribution in [2.24, 2.45) is 0 Å². The fourth-order valence-electron chi connectivity index (χ4n) is 4.68. The Labute approximate surface area is 150 Å². The van der Waals surface area contributed by atoms with Gasteiger partial charge >= 0.3 is 6.03 Å². The molecule has 0 aromatic carbocycles. The van der Waals surface area contributed by atoms with Crippen molar-refractivity contribution in [3.63, 3.8) is 0 Å². The molecule has 1 aromatic rings. The lowest BCUT2D eigenvalue weighted by atomic mass is 9.82. The van der Waals surface area contributed by atoms with Crippen molar-refractivity contribution in [2.45, 2.75) is 63.1 Å². The van der Waals surface area contributed by atoms with Gasteiger partial charge in [-0.2, -0.15) is 0 Å². The van der Waals surface area contributed by atoms with E-state index in [0.29, 0.717) is 12.1 Å². The van der Waals surface area contributed by atoms with E-state index in [-0.39, 0.29) is 12.1 Å². The van der Waals surface area contributed by atoms with E-state index in [9.17, 15) is 4.79 Å². The average Bonchev–Trinajstić information content (AvgIpc) is 3.11. The predicted molar refractivity (Wildman–Crippen MR) is 100 cm³/mol. The Hall–Kier alpha value is -1.82. The van der Waals surface area contributed by atoms with Crippen LogP contribution >= 0.6 is 0 Å². The largest absolute Gasteiger partial charge is 0.357 e. The predicted octanol–water partition coefficient (Wildman–Crippen LogP) is 2.82. The zero-order valence-corrected chi connectivity index (χ0v) is 15.1. The number of hydrogen-bond acceptors (Lipinski definition) is 4. The minimum absolute atomic E-state index is 0.108. The van der Waals surface area contributed by atoms with E-state index in [1.165, 1.54) is 32.1 Å². The number of fused-ring (bicyclic) bond motifs is 2. The Kier molecular flexibility index (Phi) is 4.79. The van der Waals surface area contributed by atoms with Gasteiger partial charge in [0.2, 0.25) is 0 Å². The SMILES string of the molecule is CN1C2CCCC1CC(NC(=O)Nc1ccc(N3CCCC3)nc1)C2. The third kappa shape index (κ3) is 3.73. The summed E-state index contributed by atoms with van der Waals surface area (Å²) in [5, 5.41) is 6.11. The Morgan fingerprint density at radius 3 is 2.48 bits per heavy atom. The van der Waals surface area contributed by atoms with Crippen LogP contribution in [0.5, 0.6) is 0 Å². The lowest BCUT2D eigenvalue weighted by molar-refractivity contribution is 0.0513. The van der Waals surface area contributed by atoms with Crippen LogP contribution < -0.4 is 15.5 Å². The first-order chi connectivity index (χ1) is 12.2. The van der Waals surface area contributed by atoms with Crippen molar-refractivity contribution in [2.75, 3.05) is 30.4 Å². The second-order valence-electron chi connectivity index (χ2n) is 7.77. The first kappa shape index (κ1) is 16.6. The first-order valence-electron chi connectivity index (χ1n) is 9.69. The Morgan fingerprint density at radius 2 is 1.84 bits per heavy atom. The van der Waals surface area contributed by atoms with Crippen LogP contribution in [0.2, 0.25) is 0 Å². The second-order valence-corrected chi connectivity index (χ2v) is 7.77. The van der Waals surface area contributed by atoms with Crippen molar-refractivity contribution in [1.29, 1.82) is 0 Å². The Bertz CT molecular complexity index is 584. The molecule has 3 aliphatic rings. The number of anilines is 2. The molecule has 3 fully saturated rings. The number of urea groups is 1. The van der Waals surface area contributed by atoms with Crippen molar-refractivity contribution in [1.82, 2.24) is 15.2 Å². The van der Waals surface area contributed by atoms with Crippen LogP contribution in [0.15, 0.2) is 18.3 Å². The zero-order valence-electron chi connectivity index (χ0n) is 15.1. The lowest BCUT2D eigenvalue weighted by Crippen LogP contribution is -2.55. The second kappa shape index (κ2) is 7.20. The van der Waals surface area contributed by atoms with Gasteiger partial charge in [0.05, 0.1) is 11.9 Å². The third-order valence-electron chi connectivity index (χ3n) is 6.11. The van der Waals surface area contributed by atoms with Gasteiger partial charge in [0.1, 0.15) is 5.82 Å². The minimum Gasteiger partial charge on any atom is -0.357 e. The lowest BCUT2D eigenvalue weighted by Gasteiger charge is -2.47. The molecular formula is C19H29N5O. The molecule has 0 aliphatic carbocycles. The summed E-state index contributed by atoms with van der Waals surface area (Å²) >= 11 is 0. The smallest absolute Gasteiger partial charge is 0.319 e. The molecule has 2 unspecified atom stereocenters. The minimum atomic E-state index is -0.108. The highest BCUT2D eigenvalue weighted by Gasteiger charge is 2.36. The normalized spacial score (nSPS) is 29.5. The molecule has 25 heavy (non-hydrogen) atoms. The van der Waals surface area contributed by atoms with Gasteiger partial charge in [-0.15, -0.1) is 0 Å². The van der Waals surface area contributed by atoms with Crippen molar-refractivity contribution in [3.05, 3.63) is 18.3 Å². The maximum Gasteiger partial charge on any atom is 0.319 e. The number of amides is 2. The van der Waals surface area contributed by atoms with Gasteiger partial charge < -0.3 is 20.4 Å². The van der Waals surface area contributed by atoms with Crippen molar-refractivity contribution in [3.8, 4) is 0 Å². The van der Waals surface area contributed by atoms with E-state index in [1.807, 2.05) is 12.1 Å². The number of carbonyl (C=O) groups is 1. The van der Waals surface area contributed by atoms with Crippen LogP contribution in [0.1, 0.15) is 44.9 Å². The summed E-state index contributed by atoms with van der Waals surface area (Å²) in [6.07, 6.45) is 10.2. The number of rotatable bonds is 3. The van der Waals surface area contributed by atoms with Crippen molar-refractivity contribution < 1.29 is 4.79 Å². The van der Waals surface area contributed by atoms with Crippen LogP contribution in [0.25, 0.3) is 0 Å². The summed E-state index contributed by atoms with van der Waals surface area (Å²) in [4.78, 5) is 21.7. The fourth-order valence-corrected chi connectivity index (χ4v) is 4.68. The van der Waals surface area contributed by atoms with E-state index in [1.54, 1.807) is 6.20 Å². The number of pyridine rings is 1. The van der Waals surface area contributed by atoms with Gasteiger partial charge in [0.25, 0.3) is 0 Å². The molecule has 2 bridgehead atoms. The number of carbonyl (C=O) groups excluding carboxylic acids is 1. The molecule has 136 valence electrons. The summed E-state index contributed by atoms with van der Waals surface area (Å²) in [5.41, 5.74) is 0.758. The van der Waals surface area contributed by atoms with Gasteiger partial charge in [0.15, 0.2) is 0 Å². The molecule has 0 spiro atoms. The monoisotopic (exact) mass is 343 g/mol. The fraction of sp³-hybridized carbons (Fsp3) is 0.684. The van der Waals surface area contributed by atoms with Crippen LogP contribution in [0, 0.1) is 0 Å². The number of nitrogens with one attached hydrogen (secondary N) is 2. The van der Waals surface area contributed by atoms with Crippen LogP contribution in [-0.4, -0.2) is 54.2 Å². The average molecular weight is 343 g/mol. The highest BCUT2D eigenvalue weighted by atomic mass is 16.2. The third-order valence-corrected chi connectivity index (χ3v) is 6.11. The maximum atomic E-state index is 12.3. The van der Waals surface area contributed by atoms with E-state index in [0.717, 1.165) is 37.4 Å². The number of hydrogen-bond donors (Lipinski definition) is 2. The molecule has 4 heterocycles. The molecule has 0 radical (unpaired) electrons. The van der Waals surface area contributed by atoms with E-state index >= 15 is 0 Å². The standard InChI is InChI=1S/C19H29N5O/c1-23-16-5-4-6-17(23)12-15(11-16)22-19(25)21-14-7-8-18(20-13-14)24-9-2-3-10-24/h7-8,13,15-17H,2-6,9-12H2,1H3,(H2,21,22,25). The van der Waals surface area contributed by atoms with Gasteiger partial charge in [-0.1, -0.05) is 6.42 Å². The topological polar surface area (TPSA) is 60.5 Å². The summed E-state index contributed by atoms with van der Waals surface area (Å²) < 4.78 is 0. The molecule has 2 N–H and O–H groups in total. The quantitative estimate of drug-likeness (QED) is 0.886. The summed E-state index contributed by atoms with van der Waals surface area (Å²) in [5.74, 6) is 1.01. The van der Waals surface area contributed by atoms with Crippen LogP contribution in [0.4, 0.5) is 16.3 Å². The molecule has 0 saturated carbocycles. The summed E-state index contributed by atoms with van der Waals surface area (Å²) in [6.45, 7) is 2.16. The molecule has 6 nitrogen and oxygen atoms in total. The molecule has 3 aliphatic heterocycles. The molecular weight excluding hydrogens is 314 g/mol. The Balaban J connectivity index is 1.30. The summed E-state index contributed by atoms with van der Waals surface area (Å²) in [7, 11) is 2.23. The van der Waals surface area contributed by atoms with E-state index in [2.05, 4.69) is 32.5 Å². The van der Waals surface area contributed by atoms with E-state index in [4.69, 9.17) is 0 Å². The first-order valence-corrected chi connectivity index (χ1v) is 9.69. The molecule has 1 aromatic heterocycles. The molecule has 6 heteroatoms. The highest BCUT2D eigenvalue weighted by Crippen LogP contribution is 2.32. The number of nitrogens with zero attached hydrogens (tertiary/aromatic N) is 3. The maximum absolute atomic E-state index is 12.3. The highest BCUT2D eigenvalue weighted by molar-refractivity contribution is 5.89. The molecule has 4 rings (SSSR count). The zero-order chi connectivity index (χ0) is 17.2. The van der Waals surface area contributed by atoms with Crippen molar-refractivity contribution >= 4 is 17.5 Å². The Morgan fingerprint density at radius 1 is 1.12 bits per heavy atom. The number of piperidine rings is 2. The summed E-state index contributed by atoms with van der Waals surface area (Å²) in [6, 6.07) is 5.37. The molecule has 2 amide bonds. The molecule has 3 saturated heterocycles. The van der Waals surface area contributed by atoms with Gasteiger partial charge in [0, 0.05) is 31.2 Å². The van der Waals surface area contributed by atoms with Crippen LogP contribution in [0.3, 0.4) is 0 Å². The van der Waals surface area contributed by atoms with Gasteiger partial charge in [-0.3, -0.25) is 0 Å². The van der Waals surface area contributed by atoms with E-state index < -0.39 is 0 Å². The molecule has 2 atom stereocenters. The van der Waals surface area contributed by atoms with Gasteiger partial charge in [-0.05, 0) is 57.7 Å².